The molecule has 5 rings (SSSR count). The van der Waals surface area contributed by atoms with Crippen molar-refractivity contribution in [3.63, 3.8) is 0 Å². The van der Waals surface area contributed by atoms with Gasteiger partial charge in [0, 0.05) is 37.9 Å². The number of hydrogen-bond acceptors (Lipinski definition) is 6. The third kappa shape index (κ3) is 4.22. The number of pyridine rings is 1. The molecule has 0 N–H and O–H groups in total. The fourth-order valence-electron chi connectivity index (χ4n) is 4.24. The van der Waals surface area contributed by atoms with Crippen molar-refractivity contribution in [2.75, 3.05) is 38.2 Å². The van der Waals surface area contributed by atoms with Gasteiger partial charge in [0.1, 0.15) is 11.3 Å². The van der Waals surface area contributed by atoms with E-state index in [4.69, 9.17) is 4.74 Å². The van der Waals surface area contributed by atoms with E-state index in [1.165, 1.54) is 0 Å². The summed E-state index contributed by atoms with van der Waals surface area (Å²) in [4.78, 5) is 39.3. The Labute approximate surface area is 197 Å². The van der Waals surface area contributed by atoms with Crippen molar-refractivity contribution in [1.82, 2.24) is 19.4 Å². The first kappa shape index (κ1) is 21.6. The van der Waals surface area contributed by atoms with Gasteiger partial charge in [-0.25, -0.2) is 9.97 Å². The van der Waals surface area contributed by atoms with Crippen molar-refractivity contribution in [3.8, 4) is 5.75 Å². The van der Waals surface area contributed by atoms with Crippen molar-refractivity contribution in [2.45, 2.75) is 6.54 Å². The van der Waals surface area contributed by atoms with Gasteiger partial charge in [-0.15, -0.1) is 0 Å². The number of benzene rings is 2. The lowest BCUT2D eigenvalue weighted by molar-refractivity contribution is 0.0746. The number of fused-ring (bicyclic) bond motifs is 1. The molecule has 1 fully saturated rings. The maximum Gasteiger partial charge on any atom is 0.295 e. The first-order chi connectivity index (χ1) is 16.6. The third-order valence-corrected chi connectivity index (χ3v) is 6.05. The molecule has 2 aromatic heterocycles. The maximum absolute atomic E-state index is 13.5. The molecule has 4 aromatic rings. The number of amides is 1. The average molecular weight is 456 g/mol. The van der Waals surface area contributed by atoms with Crippen LogP contribution in [0.25, 0.3) is 11.2 Å². The molecule has 0 unspecified atom stereocenters. The van der Waals surface area contributed by atoms with Gasteiger partial charge in [0.15, 0.2) is 11.5 Å². The van der Waals surface area contributed by atoms with Crippen LogP contribution in [0.1, 0.15) is 15.9 Å². The molecule has 0 saturated carbocycles. The summed E-state index contributed by atoms with van der Waals surface area (Å²) in [6, 6.07) is 20.7. The maximum atomic E-state index is 13.5. The molecule has 8 nitrogen and oxygen atoms in total. The molecule has 172 valence electrons. The second-order valence-corrected chi connectivity index (χ2v) is 8.17. The number of methoxy groups -OCH3 is 1. The summed E-state index contributed by atoms with van der Waals surface area (Å²) in [7, 11) is 1.58. The number of aromatic nitrogens is 3. The summed E-state index contributed by atoms with van der Waals surface area (Å²) in [6.07, 6.45) is 1.67. The Morgan fingerprint density at radius 2 is 1.76 bits per heavy atom. The molecule has 34 heavy (non-hydrogen) atoms. The Balaban J connectivity index is 1.40. The van der Waals surface area contributed by atoms with Crippen molar-refractivity contribution < 1.29 is 9.53 Å². The van der Waals surface area contributed by atoms with Crippen molar-refractivity contribution >= 4 is 22.9 Å². The Kier molecular flexibility index (Phi) is 5.95. The van der Waals surface area contributed by atoms with E-state index in [1.54, 1.807) is 34.9 Å². The second-order valence-electron chi connectivity index (χ2n) is 8.17. The highest BCUT2D eigenvalue weighted by atomic mass is 16.5. The molecule has 8 heteroatoms. The minimum atomic E-state index is -0.178. The molecule has 3 heterocycles. The third-order valence-electron chi connectivity index (χ3n) is 6.05. The fourth-order valence-corrected chi connectivity index (χ4v) is 4.24. The van der Waals surface area contributed by atoms with E-state index >= 15 is 0 Å². The molecule has 2 aromatic carbocycles. The van der Waals surface area contributed by atoms with E-state index < -0.39 is 0 Å². The van der Waals surface area contributed by atoms with Crippen molar-refractivity contribution in [1.29, 1.82) is 0 Å². The molecule has 0 bridgehead atoms. The lowest BCUT2D eigenvalue weighted by Crippen LogP contribution is -2.50. The zero-order valence-electron chi connectivity index (χ0n) is 18.9. The van der Waals surface area contributed by atoms with Gasteiger partial charge in [-0.1, -0.05) is 36.4 Å². The number of nitrogens with zero attached hydrogens (tertiary/aromatic N) is 5. The quantitative estimate of drug-likeness (QED) is 0.460. The van der Waals surface area contributed by atoms with Crippen LogP contribution < -0.4 is 15.2 Å². The van der Waals surface area contributed by atoms with Gasteiger partial charge in [0.25, 0.3) is 11.5 Å². The lowest BCUT2D eigenvalue weighted by atomic mass is 10.1. The van der Waals surface area contributed by atoms with Crippen LogP contribution in [0.4, 0.5) is 5.82 Å². The standard InChI is InChI=1S/C26H25N5O3/c1-34-21-10-5-9-20(17-21)25(32)30-15-13-29(14-16-30)24-26(33)31(18-19-7-3-2-4-8-19)23-22(28-24)11-6-12-27-23/h2-12,17H,13-16,18H2,1H3. The number of anilines is 1. The normalized spacial score (nSPS) is 13.8. The van der Waals surface area contributed by atoms with Gasteiger partial charge in [-0.05, 0) is 35.9 Å². The number of rotatable bonds is 5. The molecule has 1 saturated heterocycles. The van der Waals surface area contributed by atoms with Crippen LogP contribution in [0.15, 0.2) is 77.7 Å². The van der Waals surface area contributed by atoms with Gasteiger partial charge in [-0.2, -0.15) is 0 Å². The second kappa shape index (κ2) is 9.35. The molecular formula is C26H25N5O3. The fraction of sp³-hybridized carbons (Fsp3) is 0.231. The highest BCUT2D eigenvalue weighted by Crippen LogP contribution is 2.18. The van der Waals surface area contributed by atoms with Crippen LogP contribution in [-0.2, 0) is 6.54 Å². The molecule has 1 amide bonds. The van der Waals surface area contributed by atoms with Gasteiger partial charge in [0.05, 0.1) is 13.7 Å². The average Bonchev–Trinajstić information content (AvgIpc) is 2.90. The number of carbonyl (C=O) groups excluding carboxylic acids is 1. The molecule has 1 aliphatic rings. The first-order valence-corrected chi connectivity index (χ1v) is 11.2. The molecule has 0 spiro atoms. The highest BCUT2D eigenvalue weighted by molar-refractivity contribution is 5.94. The van der Waals surface area contributed by atoms with Crippen molar-refractivity contribution in [2.24, 2.45) is 0 Å². The minimum Gasteiger partial charge on any atom is -0.497 e. The van der Waals surface area contributed by atoms with E-state index in [0.29, 0.717) is 61.0 Å². The molecule has 0 radical (unpaired) electrons. The molecular weight excluding hydrogens is 430 g/mol. The summed E-state index contributed by atoms with van der Waals surface area (Å²) >= 11 is 0. The van der Waals surface area contributed by atoms with E-state index in [1.807, 2.05) is 59.5 Å². The molecule has 0 aliphatic carbocycles. The zero-order chi connectivity index (χ0) is 23.5. The monoisotopic (exact) mass is 455 g/mol. The summed E-state index contributed by atoms with van der Waals surface area (Å²) < 4.78 is 6.92. The number of ether oxygens (including phenoxy) is 1. The Morgan fingerprint density at radius 1 is 0.971 bits per heavy atom. The lowest BCUT2D eigenvalue weighted by Gasteiger charge is -2.35. The topological polar surface area (TPSA) is 80.6 Å². The van der Waals surface area contributed by atoms with E-state index in [2.05, 4.69) is 9.97 Å². The van der Waals surface area contributed by atoms with Gasteiger partial charge < -0.3 is 14.5 Å². The predicted molar refractivity (Wildman–Crippen MR) is 130 cm³/mol. The number of hydrogen-bond donors (Lipinski definition) is 0. The van der Waals surface area contributed by atoms with Gasteiger partial charge >= 0.3 is 0 Å². The smallest absolute Gasteiger partial charge is 0.295 e. The summed E-state index contributed by atoms with van der Waals surface area (Å²) in [5.74, 6) is 0.998. The Hall–Kier alpha value is -4.20. The SMILES string of the molecule is COc1cccc(C(=O)N2CCN(c3nc4cccnc4n(Cc4ccccc4)c3=O)CC2)c1. The van der Waals surface area contributed by atoms with Crippen molar-refractivity contribution in [3.05, 3.63) is 94.4 Å². The van der Waals surface area contributed by atoms with Gasteiger partial charge in [0.2, 0.25) is 0 Å². The summed E-state index contributed by atoms with van der Waals surface area (Å²) in [5.41, 5.74) is 2.66. The van der Waals surface area contributed by atoms with Crippen LogP contribution in [0.2, 0.25) is 0 Å². The highest BCUT2D eigenvalue weighted by Gasteiger charge is 2.26. The van der Waals surface area contributed by atoms with Crippen LogP contribution in [0.5, 0.6) is 5.75 Å². The Morgan fingerprint density at radius 3 is 2.53 bits per heavy atom. The van der Waals surface area contributed by atoms with Crippen LogP contribution >= 0.6 is 0 Å². The first-order valence-electron chi connectivity index (χ1n) is 11.2. The Bertz CT molecular complexity index is 1380. The van der Waals surface area contributed by atoms with Crippen LogP contribution in [0, 0.1) is 0 Å². The number of carbonyl (C=O) groups is 1. The van der Waals surface area contributed by atoms with E-state index in [9.17, 15) is 9.59 Å². The summed E-state index contributed by atoms with van der Waals surface area (Å²) in [6.45, 7) is 2.46. The zero-order valence-corrected chi connectivity index (χ0v) is 18.9. The number of piperazine rings is 1. The van der Waals surface area contributed by atoms with E-state index in [-0.39, 0.29) is 11.5 Å². The predicted octanol–water partition coefficient (Wildman–Crippen LogP) is 2.81. The van der Waals surface area contributed by atoms with E-state index in [0.717, 1.165) is 5.56 Å². The molecule has 0 atom stereocenters. The van der Waals surface area contributed by atoms with Crippen LogP contribution in [-0.4, -0.2) is 58.6 Å². The van der Waals surface area contributed by atoms with Gasteiger partial charge in [-0.3, -0.25) is 14.2 Å². The minimum absolute atomic E-state index is 0.0456. The largest absolute Gasteiger partial charge is 0.497 e. The summed E-state index contributed by atoms with van der Waals surface area (Å²) in [5, 5.41) is 0. The van der Waals surface area contributed by atoms with Crippen LogP contribution in [0.3, 0.4) is 0 Å². The molecule has 1 aliphatic heterocycles.